The zero-order valence-corrected chi connectivity index (χ0v) is 19.4. The minimum Gasteiger partial charge on any atom is -0.493 e. The number of nitriles is 1. The highest BCUT2D eigenvalue weighted by atomic mass is 32.2. The summed E-state index contributed by atoms with van der Waals surface area (Å²) in [5.74, 6) is 0.0830. The van der Waals surface area contributed by atoms with E-state index in [0.717, 1.165) is 16.9 Å². The largest absolute Gasteiger partial charge is 0.493 e. The number of ether oxygens (including phenoxy) is 2. The normalized spacial score (nSPS) is 11.5. The van der Waals surface area contributed by atoms with E-state index in [0.29, 0.717) is 23.7 Å². The minimum atomic E-state index is -3.53. The summed E-state index contributed by atoms with van der Waals surface area (Å²) in [5.41, 5.74) is 1.33. The molecule has 0 saturated heterocycles. The third kappa shape index (κ3) is 6.15. The Bertz CT molecular complexity index is 1310. The first-order valence-corrected chi connectivity index (χ1v) is 12.2. The van der Waals surface area contributed by atoms with Crippen molar-refractivity contribution in [3.05, 3.63) is 65.2 Å². The third-order valence-corrected chi connectivity index (χ3v) is 7.39. The molecule has 0 bridgehead atoms. The number of carbonyl (C=O) groups is 1. The number of nitrogens with one attached hydrogen (secondary N) is 1. The summed E-state index contributed by atoms with van der Waals surface area (Å²) in [6.45, 7) is 1.84. The average molecular weight is 485 g/mol. The molecule has 3 rings (SSSR count). The summed E-state index contributed by atoms with van der Waals surface area (Å²) in [4.78, 5) is 12.5. The topological polar surface area (TPSA) is 131 Å². The maximum absolute atomic E-state index is 12.5. The van der Waals surface area contributed by atoms with Gasteiger partial charge in [-0.25, -0.2) is 8.42 Å². The van der Waals surface area contributed by atoms with E-state index in [9.17, 15) is 18.5 Å². The van der Waals surface area contributed by atoms with Gasteiger partial charge >= 0.3 is 0 Å². The first-order chi connectivity index (χ1) is 15.9. The molecule has 2 aromatic carbocycles. The highest BCUT2D eigenvalue weighted by Gasteiger charge is 2.20. The second-order valence-electron chi connectivity index (χ2n) is 6.59. The lowest BCUT2D eigenvalue weighted by molar-refractivity contribution is -0.112. The predicted molar refractivity (Wildman–Crippen MR) is 124 cm³/mol. The van der Waals surface area contributed by atoms with Crippen LogP contribution in [-0.4, -0.2) is 37.4 Å². The van der Waals surface area contributed by atoms with E-state index in [2.05, 4.69) is 15.5 Å². The van der Waals surface area contributed by atoms with Crippen molar-refractivity contribution in [2.24, 2.45) is 0 Å². The van der Waals surface area contributed by atoms with Crippen molar-refractivity contribution < 1.29 is 22.7 Å². The van der Waals surface area contributed by atoms with Gasteiger partial charge in [-0.3, -0.25) is 10.1 Å². The number of methoxy groups -OCH3 is 1. The minimum absolute atomic E-state index is 0.0181. The van der Waals surface area contributed by atoms with Crippen LogP contribution in [0.3, 0.4) is 0 Å². The fourth-order valence-electron chi connectivity index (χ4n) is 2.62. The summed E-state index contributed by atoms with van der Waals surface area (Å²) in [7, 11) is -2.04. The second-order valence-corrected chi connectivity index (χ2v) is 10.0. The van der Waals surface area contributed by atoms with Gasteiger partial charge in [0, 0.05) is 0 Å². The number of benzene rings is 2. The van der Waals surface area contributed by atoms with Crippen LogP contribution in [0.1, 0.15) is 18.1 Å². The van der Waals surface area contributed by atoms with Gasteiger partial charge in [-0.15, -0.1) is 10.2 Å². The Labute approximate surface area is 195 Å². The number of aromatic nitrogens is 2. The Kier molecular flexibility index (Phi) is 7.76. The van der Waals surface area contributed by atoms with E-state index in [1.807, 2.05) is 36.4 Å². The highest BCUT2D eigenvalue weighted by molar-refractivity contribution is 7.93. The number of carbonyl (C=O) groups excluding carboxylic acids is 1. The first-order valence-electron chi connectivity index (χ1n) is 9.70. The van der Waals surface area contributed by atoms with Crippen LogP contribution in [-0.2, 0) is 21.2 Å². The number of hydrogen-bond acceptors (Lipinski definition) is 9. The van der Waals surface area contributed by atoms with Gasteiger partial charge in [-0.05, 0) is 29.3 Å². The molecule has 33 heavy (non-hydrogen) atoms. The molecule has 0 aliphatic heterocycles. The molecule has 0 spiro atoms. The van der Waals surface area contributed by atoms with Crippen molar-refractivity contribution in [2.45, 2.75) is 17.9 Å². The molecule has 170 valence electrons. The predicted octanol–water partition coefficient (Wildman–Crippen LogP) is 3.46. The number of hydrogen-bond donors (Lipinski definition) is 1. The number of sulfone groups is 1. The second kappa shape index (κ2) is 10.7. The molecule has 9 nitrogen and oxygen atoms in total. The molecule has 1 heterocycles. The molecule has 0 radical (unpaired) electrons. The van der Waals surface area contributed by atoms with Crippen LogP contribution in [0.4, 0.5) is 5.13 Å². The molecule has 0 unspecified atom stereocenters. The Balaban J connectivity index is 1.74. The van der Waals surface area contributed by atoms with Crippen LogP contribution in [0.15, 0.2) is 58.4 Å². The molecule has 1 aromatic heterocycles. The van der Waals surface area contributed by atoms with Crippen molar-refractivity contribution in [1.82, 2.24) is 10.2 Å². The fourth-order valence-corrected chi connectivity index (χ4v) is 4.60. The number of amides is 1. The lowest BCUT2D eigenvalue weighted by Gasteiger charge is -2.11. The van der Waals surface area contributed by atoms with Crippen LogP contribution in [0, 0.1) is 11.3 Å². The van der Waals surface area contributed by atoms with E-state index in [4.69, 9.17) is 9.47 Å². The Morgan fingerprint density at radius 1 is 1.18 bits per heavy atom. The molecular weight excluding hydrogens is 464 g/mol. The molecule has 3 aromatic rings. The van der Waals surface area contributed by atoms with Gasteiger partial charge in [0.25, 0.3) is 5.91 Å². The van der Waals surface area contributed by atoms with Crippen LogP contribution in [0.25, 0.3) is 6.08 Å². The summed E-state index contributed by atoms with van der Waals surface area (Å²) >= 11 is 0.723. The Morgan fingerprint density at radius 2 is 1.94 bits per heavy atom. The average Bonchev–Trinajstić information content (AvgIpc) is 3.31. The number of rotatable bonds is 9. The molecule has 0 fully saturated rings. The van der Waals surface area contributed by atoms with Crippen LogP contribution >= 0.6 is 11.3 Å². The Hall–Kier alpha value is -3.75. The van der Waals surface area contributed by atoms with Gasteiger partial charge in [0.05, 0.1) is 12.9 Å². The monoisotopic (exact) mass is 484 g/mol. The molecule has 0 aliphatic carbocycles. The van der Waals surface area contributed by atoms with Crippen molar-refractivity contribution in [1.29, 1.82) is 5.26 Å². The molecule has 0 saturated carbocycles. The van der Waals surface area contributed by atoms with Gasteiger partial charge < -0.3 is 9.47 Å². The van der Waals surface area contributed by atoms with Crippen LogP contribution in [0.5, 0.6) is 11.5 Å². The van der Waals surface area contributed by atoms with Gasteiger partial charge in [0.15, 0.2) is 11.5 Å². The maximum atomic E-state index is 12.5. The molecular formula is C22H20N4O5S2. The lowest BCUT2D eigenvalue weighted by Crippen LogP contribution is -2.13. The molecule has 1 N–H and O–H groups in total. The molecule has 1 amide bonds. The van der Waals surface area contributed by atoms with Gasteiger partial charge in [0.2, 0.25) is 19.3 Å². The summed E-state index contributed by atoms with van der Waals surface area (Å²) in [6.07, 6.45) is 1.38. The van der Waals surface area contributed by atoms with E-state index in [-0.39, 0.29) is 20.8 Å². The quantitative estimate of drug-likeness (QED) is 0.277. The van der Waals surface area contributed by atoms with E-state index in [1.165, 1.54) is 20.1 Å². The Morgan fingerprint density at radius 3 is 2.61 bits per heavy atom. The number of nitrogens with zero attached hydrogens (tertiary/aromatic N) is 3. The van der Waals surface area contributed by atoms with Crippen LogP contribution < -0.4 is 14.8 Å². The van der Waals surface area contributed by atoms with Gasteiger partial charge in [-0.1, -0.05) is 54.7 Å². The van der Waals surface area contributed by atoms with Crippen molar-refractivity contribution in [2.75, 3.05) is 18.2 Å². The molecule has 11 heteroatoms. The van der Waals surface area contributed by atoms with Gasteiger partial charge in [0.1, 0.15) is 18.2 Å². The lowest BCUT2D eigenvalue weighted by atomic mass is 10.1. The molecule has 0 atom stereocenters. The fraction of sp³-hybridized carbons (Fsp3) is 0.182. The van der Waals surface area contributed by atoms with E-state index < -0.39 is 15.7 Å². The summed E-state index contributed by atoms with van der Waals surface area (Å²) in [6, 6.07) is 16.5. The standard InChI is InChI=1S/C22H20N4O5S2/c1-3-33(28,29)22-26-25-21(32-22)24-20(27)17(13-23)11-16-9-10-18(19(12-16)30-2)31-14-15-7-5-4-6-8-15/h4-12H,3,14H2,1-2H3,(H,24,25,27)/b17-11-. The number of anilines is 1. The SMILES string of the molecule is CCS(=O)(=O)c1nnc(NC(=O)/C(C#N)=C\c2ccc(OCc3ccccc3)c(OC)c2)s1. The van der Waals surface area contributed by atoms with Crippen molar-refractivity contribution in [3.8, 4) is 17.6 Å². The highest BCUT2D eigenvalue weighted by Crippen LogP contribution is 2.30. The summed E-state index contributed by atoms with van der Waals surface area (Å²) < 4.78 is 34.7. The van der Waals surface area contributed by atoms with E-state index in [1.54, 1.807) is 18.2 Å². The smallest absolute Gasteiger partial charge is 0.268 e. The third-order valence-electron chi connectivity index (χ3n) is 4.37. The van der Waals surface area contributed by atoms with Crippen molar-refractivity contribution >= 4 is 38.3 Å². The zero-order valence-electron chi connectivity index (χ0n) is 17.8. The summed E-state index contributed by atoms with van der Waals surface area (Å²) in [5, 5.41) is 19.1. The molecule has 0 aliphatic rings. The van der Waals surface area contributed by atoms with Gasteiger partial charge in [-0.2, -0.15) is 5.26 Å². The first kappa shape index (κ1) is 23.9. The maximum Gasteiger partial charge on any atom is 0.268 e. The van der Waals surface area contributed by atoms with Crippen molar-refractivity contribution in [3.63, 3.8) is 0 Å². The van der Waals surface area contributed by atoms with E-state index >= 15 is 0 Å². The zero-order chi connectivity index (χ0) is 23.8. The van der Waals surface area contributed by atoms with Crippen LogP contribution in [0.2, 0.25) is 0 Å².